The number of hydrogen-bond acceptors (Lipinski definition) is 1. The third-order valence-corrected chi connectivity index (χ3v) is 4.08. The normalized spacial score (nSPS) is 43.2. The second-order valence-corrected chi connectivity index (χ2v) is 4.53. The van der Waals surface area contributed by atoms with Crippen molar-refractivity contribution in [3.05, 3.63) is 35.4 Å². The van der Waals surface area contributed by atoms with Crippen LogP contribution in [0.25, 0.3) is 0 Å². The molecule has 0 N–H and O–H groups in total. The molecule has 0 spiro atoms. The molecule has 2 saturated carbocycles. The van der Waals surface area contributed by atoms with Crippen LogP contribution in [0.3, 0.4) is 0 Å². The topological polar surface area (TPSA) is 17.1 Å². The van der Waals surface area contributed by atoms with Gasteiger partial charge < -0.3 is 0 Å². The van der Waals surface area contributed by atoms with E-state index in [1.807, 2.05) is 0 Å². The third kappa shape index (κ3) is 0.541. The molecule has 1 aromatic rings. The molecule has 4 aliphatic carbocycles. The van der Waals surface area contributed by atoms with Crippen LogP contribution in [-0.2, 0) is 4.79 Å². The lowest BCUT2D eigenvalue weighted by molar-refractivity contribution is -0.120. The molecule has 1 aromatic carbocycles. The molecule has 4 atom stereocenters. The minimum Gasteiger partial charge on any atom is -0.299 e. The van der Waals surface area contributed by atoms with Gasteiger partial charge in [-0.1, -0.05) is 24.3 Å². The highest BCUT2D eigenvalue weighted by Crippen LogP contribution is 2.69. The summed E-state index contributed by atoms with van der Waals surface area (Å²) in [4.78, 5) is 11.8. The Balaban J connectivity index is 2.04. The predicted molar refractivity (Wildman–Crippen MR) is 48.5 cm³/mol. The minimum absolute atomic E-state index is 0.274. The molecule has 4 bridgehead atoms. The number of rotatable bonds is 0. The molecule has 2 fully saturated rings. The summed E-state index contributed by atoms with van der Waals surface area (Å²) >= 11 is 0. The molecule has 0 aromatic heterocycles. The third-order valence-electron chi connectivity index (χ3n) is 4.08. The van der Waals surface area contributed by atoms with Gasteiger partial charge in [0.05, 0.1) is 0 Å². The smallest absolute Gasteiger partial charge is 0.144 e. The van der Waals surface area contributed by atoms with E-state index in [4.69, 9.17) is 0 Å². The molecular formula is C12H10O. The summed E-state index contributed by atoms with van der Waals surface area (Å²) in [5.74, 6) is 2.59. The summed E-state index contributed by atoms with van der Waals surface area (Å²) in [7, 11) is 0. The zero-order valence-electron chi connectivity index (χ0n) is 7.23. The van der Waals surface area contributed by atoms with E-state index in [9.17, 15) is 4.79 Å². The Kier molecular flexibility index (Phi) is 0.841. The van der Waals surface area contributed by atoms with E-state index in [1.54, 1.807) is 0 Å². The van der Waals surface area contributed by atoms with E-state index in [1.165, 1.54) is 11.1 Å². The summed E-state index contributed by atoms with van der Waals surface area (Å²) in [5.41, 5.74) is 2.82. The van der Waals surface area contributed by atoms with Gasteiger partial charge in [-0.05, 0) is 29.4 Å². The summed E-state index contributed by atoms with van der Waals surface area (Å²) in [5, 5.41) is 0. The highest BCUT2D eigenvalue weighted by molar-refractivity contribution is 5.97. The van der Waals surface area contributed by atoms with Gasteiger partial charge in [0.25, 0.3) is 0 Å². The lowest BCUT2D eigenvalue weighted by Crippen LogP contribution is -2.19. The van der Waals surface area contributed by atoms with Crippen molar-refractivity contribution in [3.8, 4) is 0 Å². The van der Waals surface area contributed by atoms with E-state index < -0.39 is 0 Å². The SMILES string of the molecule is O=C1C2C3C[C@@H]1c1ccccc1[C@@H]32. The van der Waals surface area contributed by atoms with Crippen LogP contribution in [0.2, 0.25) is 0 Å². The van der Waals surface area contributed by atoms with Crippen molar-refractivity contribution < 1.29 is 4.79 Å². The second kappa shape index (κ2) is 1.72. The Hall–Kier alpha value is -1.11. The van der Waals surface area contributed by atoms with Crippen LogP contribution in [0.5, 0.6) is 0 Å². The van der Waals surface area contributed by atoms with Crippen molar-refractivity contribution in [1.82, 2.24) is 0 Å². The quantitative estimate of drug-likeness (QED) is 0.582. The number of benzene rings is 1. The number of carbonyl (C=O) groups is 1. The lowest BCUT2D eigenvalue weighted by atomic mass is 9.79. The van der Waals surface area contributed by atoms with Gasteiger partial charge in [-0.2, -0.15) is 0 Å². The molecule has 0 aliphatic heterocycles. The summed E-state index contributed by atoms with van der Waals surface area (Å²) < 4.78 is 0. The number of Topliss-reactive ketones (excluding diaryl/α,β-unsaturated/α-hetero) is 1. The molecule has 2 unspecified atom stereocenters. The Morgan fingerprint density at radius 3 is 2.54 bits per heavy atom. The molecule has 0 heterocycles. The number of ketones is 1. The maximum absolute atomic E-state index is 11.8. The first-order valence-corrected chi connectivity index (χ1v) is 5.00. The van der Waals surface area contributed by atoms with Gasteiger partial charge in [0.2, 0.25) is 0 Å². The summed E-state index contributed by atoms with van der Waals surface area (Å²) in [6, 6.07) is 8.51. The second-order valence-electron chi connectivity index (χ2n) is 4.53. The zero-order chi connectivity index (χ0) is 8.58. The van der Waals surface area contributed by atoms with Crippen LogP contribution in [0, 0.1) is 11.8 Å². The Labute approximate surface area is 76.8 Å². The largest absolute Gasteiger partial charge is 0.299 e. The van der Waals surface area contributed by atoms with Gasteiger partial charge in [-0.15, -0.1) is 0 Å². The van der Waals surface area contributed by atoms with E-state index in [0.717, 1.165) is 12.3 Å². The average molecular weight is 170 g/mol. The van der Waals surface area contributed by atoms with Crippen molar-refractivity contribution in [3.63, 3.8) is 0 Å². The summed E-state index contributed by atoms with van der Waals surface area (Å²) in [6.45, 7) is 0. The average Bonchev–Trinajstić information content (AvgIpc) is 2.83. The number of hydrogen-bond donors (Lipinski definition) is 0. The Morgan fingerprint density at radius 2 is 1.85 bits per heavy atom. The minimum atomic E-state index is 0.274. The summed E-state index contributed by atoms with van der Waals surface area (Å²) in [6.07, 6.45) is 1.14. The van der Waals surface area contributed by atoms with Gasteiger partial charge >= 0.3 is 0 Å². The molecule has 4 aliphatic rings. The maximum atomic E-state index is 11.8. The van der Waals surface area contributed by atoms with Crippen LogP contribution in [0.1, 0.15) is 29.4 Å². The molecule has 1 heteroatoms. The van der Waals surface area contributed by atoms with Crippen LogP contribution in [-0.4, -0.2) is 5.78 Å². The molecule has 0 saturated heterocycles. The van der Waals surface area contributed by atoms with Gasteiger partial charge in [0.1, 0.15) is 5.78 Å². The van der Waals surface area contributed by atoms with Crippen molar-refractivity contribution in [2.45, 2.75) is 18.3 Å². The van der Waals surface area contributed by atoms with Crippen molar-refractivity contribution in [1.29, 1.82) is 0 Å². The molecular weight excluding hydrogens is 160 g/mol. The highest BCUT2D eigenvalue weighted by Gasteiger charge is 2.66. The van der Waals surface area contributed by atoms with E-state index >= 15 is 0 Å². The fourth-order valence-corrected chi connectivity index (χ4v) is 3.51. The zero-order valence-corrected chi connectivity index (χ0v) is 7.23. The Morgan fingerprint density at radius 1 is 1.08 bits per heavy atom. The van der Waals surface area contributed by atoms with E-state index in [0.29, 0.717) is 17.6 Å². The Bertz CT molecular complexity index is 421. The molecule has 0 radical (unpaired) electrons. The molecule has 64 valence electrons. The standard InChI is InChI=1S/C12H10O/c13-12-8-5-9-10(11(9)12)7-4-2-1-3-6(7)8/h1-4,8-11H,5H2/t8-,9?,10+,11?/m1/s1. The fraction of sp³-hybridized carbons (Fsp3) is 0.417. The first-order valence-electron chi connectivity index (χ1n) is 5.00. The predicted octanol–water partition coefficient (Wildman–Crippen LogP) is 2.09. The highest BCUT2D eigenvalue weighted by atomic mass is 16.1. The first-order chi connectivity index (χ1) is 6.38. The van der Waals surface area contributed by atoms with Gasteiger partial charge in [0.15, 0.2) is 0 Å². The van der Waals surface area contributed by atoms with Gasteiger partial charge in [0, 0.05) is 11.8 Å². The van der Waals surface area contributed by atoms with Crippen LogP contribution in [0.15, 0.2) is 24.3 Å². The van der Waals surface area contributed by atoms with E-state index in [2.05, 4.69) is 24.3 Å². The monoisotopic (exact) mass is 170 g/mol. The van der Waals surface area contributed by atoms with Crippen molar-refractivity contribution in [2.24, 2.45) is 11.8 Å². The van der Waals surface area contributed by atoms with Crippen LogP contribution in [0.4, 0.5) is 0 Å². The fourth-order valence-electron chi connectivity index (χ4n) is 3.51. The van der Waals surface area contributed by atoms with Crippen molar-refractivity contribution >= 4 is 5.78 Å². The molecule has 0 amide bonds. The van der Waals surface area contributed by atoms with Crippen molar-refractivity contribution in [2.75, 3.05) is 0 Å². The molecule has 13 heavy (non-hydrogen) atoms. The van der Waals surface area contributed by atoms with E-state index in [-0.39, 0.29) is 5.92 Å². The van der Waals surface area contributed by atoms with Gasteiger partial charge in [-0.25, -0.2) is 0 Å². The van der Waals surface area contributed by atoms with Crippen LogP contribution >= 0.6 is 0 Å². The molecule has 1 nitrogen and oxygen atoms in total. The molecule has 5 rings (SSSR count). The van der Waals surface area contributed by atoms with Crippen LogP contribution < -0.4 is 0 Å². The number of carbonyl (C=O) groups excluding carboxylic acids is 1. The van der Waals surface area contributed by atoms with Gasteiger partial charge in [-0.3, -0.25) is 4.79 Å². The lowest BCUT2D eigenvalue weighted by Gasteiger charge is -2.24. The first kappa shape index (κ1) is 6.36. The maximum Gasteiger partial charge on any atom is 0.144 e.